The largest absolute Gasteiger partial charge is 0.477 e. The molecule has 2 aromatic rings. The van der Waals surface area contributed by atoms with Gasteiger partial charge in [0.2, 0.25) is 5.91 Å². The summed E-state index contributed by atoms with van der Waals surface area (Å²) in [6.45, 7) is 1.82. The first kappa shape index (κ1) is 19.8. The fourth-order valence-corrected chi connectivity index (χ4v) is 2.98. The van der Waals surface area contributed by atoms with Gasteiger partial charge in [0.25, 0.3) is 0 Å². The second-order valence-electron chi connectivity index (χ2n) is 5.46. The summed E-state index contributed by atoms with van der Waals surface area (Å²) in [5, 5.41) is 12.6. The van der Waals surface area contributed by atoms with Crippen LogP contribution in [0.1, 0.15) is 12.5 Å². The smallest absolute Gasteiger partial charge is 0.342 e. The number of carbonyl (C=O) groups excluding carboxylic acids is 1. The zero-order chi connectivity index (χ0) is 18.9. The Morgan fingerprint density at radius 1 is 1.12 bits per heavy atom. The highest BCUT2D eigenvalue weighted by Crippen LogP contribution is 2.20. The van der Waals surface area contributed by atoms with E-state index < -0.39 is 5.97 Å². The number of carboxylic acids is 1. The van der Waals surface area contributed by atoms with Crippen LogP contribution in [0, 0.1) is 0 Å². The number of carbonyl (C=O) groups is 2. The van der Waals surface area contributed by atoms with E-state index in [1.807, 2.05) is 43.3 Å². The van der Waals surface area contributed by atoms with E-state index in [1.165, 1.54) is 0 Å². The van der Waals surface area contributed by atoms with Crippen LogP contribution in [0.2, 0.25) is 5.02 Å². The lowest BCUT2D eigenvalue weighted by Gasteiger charge is -2.06. The molecule has 0 fully saturated rings. The Kier molecular flexibility index (Phi) is 7.51. The number of benzene rings is 2. The molecule has 2 rings (SSSR count). The molecule has 0 heterocycles. The highest BCUT2D eigenvalue weighted by molar-refractivity contribution is 8.04. The summed E-state index contributed by atoms with van der Waals surface area (Å²) < 4.78 is 0. The Morgan fingerprint density at radius 2 is 1.77 bits per heavy atom. The van der Waals surface area contributed by atoms with Crippen molar-refractivity contribution in [2.45, 2.75) is 6.92 Å². The third kappa shape index (κ3) is 6.78. The molecular formula is C20H18ClNO3S. The molecule has 0 aliphatic heterocycles. The fourth-order valence-electron chi connectivity index (χ4n) is 2.10. The Labute approximate surface area is 161 Å². The van der Waals surface area contributed by atoms with E-state index in [-0.39, 0.29) is 16.6 Å². The molecule has 6 heteroatoms. The lowest BCUT2D eigenvalue weighted by Crippen LogP contribution is -2.15. The van der Waals surface area contributed by atoms with Crippen molar-refractivity contribution in [3.05, 3.63) is 81.7 Å². The van der Waals surface area contributed by atoms with Gasteiger partial charge < -0.3 is 10.4 Å². The molecule has 0 bridgehead atoms. The summed E-state index contributed by atoms with van der Waals surface area (Å²) in [5.41, 5.74) is 2.39. The van der Waals surface area contributed by atoms with Crippen molar-refractivity contribution >= 4 is 47.0 Å². The molecule has 4 nitrogen and oxygen atoms in total. The maximum Gasteiger partial charge on any atom is 0.342 e. The summed E-state index contributed by atoms with van der Waals surface area (Å²) in [6, 6.07) is 16.3. The van der Waals surface area contributed by atoms with Gasteiger partial charge in [0, 0.05) is 10.7 Å². The Bertz CT molecular complexity index is 830. The molecule has 0 unspecified atom stereocenters. The van der Waals surface area contributed by atoms with E-state index in [0.29, 0.717) is 10.7 Å². The number of hydrogen-bond donors (Lipinski definition) is 2. The molecule has 2 N–H and O–H groups in total. The van der Waals surface area contributed by atoms with Gasteiger partial charge in [-0.1, -0.05) is 48.0 Å². The number of amides is 1. The molecule has 0 spiro atoms. The number of halogens is 1. The van der Waals surface area contributed by atoms with Gasteiger partial charge in [0.15, 0.2) is 0 Å². The van der Waals surface area contributed by atoms with Gasteiger partial charge in [-0.15, -0.1) is 11.8 Å². The van der Waals surface area contributed by atoms with Crippen LogP contribution in [0.4, 0.5) is 5.69 Å². The van der Waals surface area contributed by atoms with Gasteiger partial charge in [-0.25, -0.2) is 4.79 Å². The number of carboxylic acid groups (broad SMARTS) is 1. The number of nitrogens with one attached hydrogen (secondary N) is 1. The van der Waals surface area contributed by atoms with E-state index in [4.69, 9.17) is 11.6 Å². The molecule has 0 radical (unpaired) electrons. The average Bonchev–Trinajstić information content (AvgIpc) is 2.61. The second kappa shape index (κ2) is 9.85. The fraction of sp³-hybridized carbons (Fsp3) is 0.100. The number of thioether (sulfide) groups is 1. The quantitative estimate of drug-likeness (QED) is 0.513. The third-order valence-electron chi connectivity index (χ3n) is 3.25. The predicted molar refractivity (Wildman–Crippen MR) is 108 cm³/mol. The Hall–Kier alpha value is -2.50. The van der Waals surface area contributed by atoms with Crippen molar-refractivity contribution in [2.24, 2.45) is 0 Å². The van der Waals surface area contributed by atoms with Crippen molar-refractivity contribution in [3.63, 3.8) is 0 Å². The number of aliphatic carboxylic acids is 1. The van der Waals surface area contributed by atoms with Gasteiger partial charge in [0.1, 0.15) is 0 Å². The zero-order valence-corrected chi connectivity index (χ0v) is 15.7. The van der Waals surface area contributed by atoms with Crippen LogP contribution < -0.4 is 5.32 Å². The van der Waals surface area contributed by atoms with Crippen LogP contribution in [0.5, 0.6) is 0 Å². The number of anilines is 1. The summed E-state index contributed by atoms with van der Waals surface area (Å²) in [4.78, 5) is 23.5. The van der Waals surface area contributed by atoms with Crippen LogP contribution >= 0.6 is 23.4 Å². The van der Waals surface area contributed by atoms with E-state index >= 15 is 0 Å². The molecule has 2 aromatic carbocycles. The molecule has 0 atom stereocenters. The molecular weight excluding hydrogens is 370 g/mol. The summed E-state index contributed by atoms with van der Waals surface area (Å²) >= 11 is 6.78. The topological polar surface area (TPSA) is 66.4 Å². The van der Waals surface area contributed by atoms with Gasteiger partial charge in [-0.2, -0.15) is 0 Å². The van der Waals surface area contributed by atoms with Crippen molar-refractivity contribution < 1.29 is 14.7 Å². The molecule has 0 aliphatic rings. The SMILES string of the molecule is CC(=C\c1ccccc1)/C=C(/SCC(=O)Nc1ccc(Cl)cc1)C(=O)O. The normalized spacial score (nSPS) is 11.9. The van der Waals surface area contributed by atoms with Gasteiger partial charge in [0.05, 0.1) is 10.7 Å². The molecule has 1 amide bonds. The van der Waals surface area contributed by atoms with Crippen LogP contribution in [0.25, 0.3) is 6.08 Å². The molecule has 0 aromatic heterocycles. The highest BCUT2D eigenvalue weighted by atomic mass is 35.5. The van der Waals surface area contributed by atoms with E-state index in [2.05, 4.69) is 5.32 Å². The van der Waals surface area contributed by atoms with Gasteiger partial charge in [-0.05, 0) is 48.4 Å². The number of hydrogen-bond acceptors (Lipinski definition) is 3. The molecule has 0 saturated heterocycles. The molecule has 0 saturated carbocycles. The van der Waals surface area contributed by atoms with E-state index in [0.717, 1.165) is 22.9 Å². The third-order valence-corrected chi connectivity index (χ3v) is 4.51. The Morgan fingerprint density at radius 3 is 2.38 bits per heavy atom. The lowest BCUT2D eigenvalue weighted by molar-refractivity contribution is -0.131. The summed E-state index contributed by atoms with van der Waals surface area (Å²) in [5.74, 6) is -1.34. The lowest BCUT2D eigenvalue weighted by atomic mass is 10.1. The van der Waals surface area contributed by atoms with Gasteiger partial charge >= 0.3 is 5.97 Å². The average molecular weight is 388 g/mol. The van der Waals surface area contributed by atoms with Crippen molar-refractivity contribution in [2.75, 3.05) is 11.1 Å². The molecule has 26 heavy (non-hydrogen) atoms. The number of allylic oxidation sites excluding steroid dienone is 2. The summed E-state index contributed by atoms with van der Waals surface area (Å²) in [7, 11) is 0. The predicted octanol–water partition coefficient (Wildman–Crippen LogP) is 5.08. The summed E-state index contributed by atoms with van der Waals surface area (Å²) in [6.07, 6.45) is 3.45. The Balaban J connectivity index is 1.99. The zero-order valence-electron chi connectivity index (χ0n) is 14.1. The van der Waals surface area contributed by atoms with Crippen LogP contribution in [-0.4, -0.2) is 22.7 Å². The minimum absolute atomic E-state index is 0.000618. The minimum Gasteiger partial charge on any atom is -0.477 e. The van der Waals surface area contributed by atoms with Crippen LogP contribution in [0.15, 0.2) is 71.2 Å². The van der Waals surface area contributed by atoms with Crippen LogP contribution in [0.3, 0.4) is 0 Å². The van der Waals surface area contributed by atoms with Gasteiger partial charge in [-0.3, -0.25) is 4.79 Å². The first-order valence-electron chi connectivity index (χ1n) is 7.80. The monoisotopic (exact) mass is 387 g/mol. The number of rotatable bonds is 7. The van der Waals surface area contributed by atoms with Crippen LogP contribution in [-0.2, 0) is 9.59 Å². The maximum absolute atomic E-state index is 12.0. The minimum atomic E-state index is -1.06. The first-order chi connectivity index (χ1) is 12.4. The second-order valence-corrected chi connectivity index (χ2v) is 6.91. The standard InChI is InChI=1S/C20H18ClNO3S/c1-14(11-15-5-3-2-4-6-15)12-18(20(24)25)26-13-19(23)22-17-9-7-16(21)8-10-17/h2-12H,13H2,1H3,(H,22,23)(H,24,25)/b14-11+,18-12+. The van der Waals surface area contributed by atoms with Crippen molar-refractivity contribution in [1.29, 1.82) is 0 Å². The highest BCUT2D eigenvalue weighted by Gasteiger charge is 2.11. The molecule has 134 valence electrons. The first-order valence-corrected chi connectivity index (χ1v) is 9.17. The van der Waals surface area contributed by atoms with Crippen molar-refractivity contribution in [3.8, 4) is 0 Å². The van der Waals surface area contributed by atoms with E-state index in [9.17, 15) is 14.7 Å². The molecule has 0 aliphatic carbocycles. The van der Waals surface area contributed by atoms with E-state index in [1.54, 1.807) is 30.3 Å². The maximum atomic E-state index is 12.0. The van der Waals surface area contributed by atoms with Crippen molar-refractivity contribution in [1.82, 2.24) is 0 Å².